The molecule has 3 aromatic rings. The molecular formula is C27H31N5O. The first-order valence-corrected chi connectivity index (χ1v) is 11.2. The largest absolute Gasteiger partial charge is 0.483 e. The van der Waals surface area contributed by atoms with Gasteiger partial charge in [-0.25, -0.2) is 4.98 Å². The van der Waals surface area contributed by atoms with Crippen LogP contribution >= 0.6 is 0 Å². The summed E-state index contributed by atoms with van der Waals surface area (Å²) in [5, 5.41) is 3.34. The minimum Gasteiger partial charge on any atom is -0.483 e. The van der Waals surface area contributed by atoms with Gasteiger partial charge in [-0.05, 0) is 54.5 Å². The Kier molecular flexibility index (Phi) is 6.93. The number of ether oxygens (including phenoxy) is 1. The number of hydrogen-bond donors (Lipinski definition) is 1. The molecule has 1 aliphatic heterocycles. The van der Waals surface area contributed by atoms with Crippen molar-refractivity contribution in [2.75, 3.05) is 43.5 Å². The van der Waals surface area contributed by atoms with Crippen LogP contribution in [0.15, 0.2) is 85.7 Å². The van der Waals surface area contributed by atoms with Crippen molar-refractivity contribution in [1.29, 1.82) is 0 Å². The summed E-state index contributed by atoms with van der Waals surface area (Å²) < 4.78 is 5.24. The molecule has 0 aliphatic carbocycles. The summed E-state index contributed by atoms with van der Waals surface area (Å²) >= 11 is 0. The number of methoxy groups -OCH3 is 1. The van der Waals surface area contributed by atoms with Gasteiger partial charge >= 0.3 is 0 Å². The van der Waals surface area contributed by atoms with Gasteiger partial charge in [-0.3, -0.25) is 4.98 Å². The predicted molar refractivity (Wildman–Crippen MR) is 135 cm³/mol. The highest BCUT2D eigenvalue weighted by atomic mass is 16.5. The van der Waals surface area contributed by atoms with Crippen LogP contribution in [-0.4, -0.2) is 48.2 Å². The number of pyridine rings is 2. The standard InChI is InChI=1S/C27H31N5O/c1-20-18-25(11-12-28-20)24-7-5-23(6-8-24)17-21(2)30-27-10-9-26(19-29-27)32-15-13-31(14-16-32)22(3)33-4/h5-12,18-19H,2-3,13-17H2,1,4H3,(H,29,30). The van der Waals surface area contributed by atoms with Crippen molar-refractivity contribution in [3.05, 3.63) is 96.9 Å². The molecule has 1 saturated heterocycles. The van der Waals surface area contributed by atoms with Crippen LogP contribution < -0.4 is 10.2 Å². The number of benzene rings is 1. The molecule has 4 rings (SSSR count). The van der Waals surface area contributed by atoms with Gasteiger partial charge in [0.25, 0.3) is 0 Å². The smallest absolute Gasteiger partial charge is 0.181 e. The molecule has 1 aromatic carbocycles. The first-order chi connectivity index (χ1) is 16.0. The zero-order chi connectivity index (χ0) is 23.2. The fraction of sp³-hybridized carbons (Fsp3) is 0.259. The highest BCUT2D eigenvalue weighted by molar-refractivity contribution is 5.63. The Morgan fingerprint density at radius 3 is 2.36 bits per heavy atom. The molecule has 170 valence electrons. The molecule has 3 heterocycles. The third kappa shape index (κ3) is 5.71. The summed E-state index contributed by atoms with van der Waals surface area (Å²) in [5.41, 5.74) is 6.62. The Morgan fingerprint density at radius 1 is 0.970 bits per heavy atom. The average molecular weight is 442 g/mol. The van der Waals surface area contributed by atoms with Gasteiger partial charge in [-0.15, -0.1) is 0 Å². The zero-order valence-corrected chi connectivity index (χ0v) is 19.4. The highest BCUT2D eigenvalue weighted by Crippen LogP contribution is 2.22. The number of hydrogen-bond acceptors (Lipinski definition) is 6. The average Bonchev–Trinajstić information content (AvgIpc) is 2.84. The fourth-order valence-corrected chi connectivity index (χ4v) is 4.00. The Labute approximate surface area is 196 Å². The lowest BCUT2D eigenvalue weighted by molar-refractivity contribution is 0.149. The molecule has 33 heavy (non-hydrogen) atoms. The Balaban J connectivity index is 1.30. The predicted octanol–water partition coefficient (Wildman–Crippen LogP) is 4.86. The molecule has 0 bridgehead atoms. The highest BCUT2D eigenvalue weighted by Gasteiger charge is 2.18. The first-order valence-electron chi connectivity index (χ1n) is 11.2. The SMILES string of the molecule is C=C(Cc1ccc(-c2ccnc(C)c2)cc1)Nc1ccc(N2CCN(C(=C)OC)CC2)cn1. The van der Waals surface area contributed by atoms with Crippen LogP contribution in [0.2, 0.25) is 0 Å². The summed E-state index contributed by atoms with van der Waals surface area (Å²) in [5.74, 6) is 1.53. The van der Waals surface area contributed by atoms with E-state index in [2.05, 4.69) is 74.6 Å². The van der Waals surface area contributed by atoms with Crippen molar-refractivity contribution in [3.63, 3.8) is 0 Å². The monoisotopic (exact) mass is 441 g/mol. The van der Waals surface area contributed by atoms with Gasteiger partial charge in [0.05, 0.1) is 19.0 Å². The van der Waals surface area contributed by atoms with Crippen molar-refractivity contribution >= 4 is 11.5 Å². The molecule has 6 heteroatoms. The molecule has 6 nitrogen and oxygen atoms in total. The maximum atomic E-state index is 5.24. The molecule has 1 fully saturated rings. The third-order valence-electron chi connectivity index (χ3n) is 5.89. The minimum absolute atomic E-state index is 0.730. The summed E-state index contributed by atoms with van der Waals surface area (Å²) in [6.07, 6.45) is 4.51. The summed E-state index contributed by atoms with van der Waals surface area (Å²) in [6.45, 7) is 13.7. The van der Waals surface area contributed by atoms with E-state index in [0.29, 0.717) is 0 Å². The van der Waals surface area contributed by atoms with E-state index in [9.17, 15) is 0 Å². The number of anilines is 2. The number of aryl methyl sites for hydroxylation is 1. The van der Waals surface area contributed by atoms with E-state index in [1.807, 2.05) is 31.5 Å². The second kappa shape index (κ2) is 10.2. The molecular weight excluding hydrogens is 410 g/mol. The Bertz CT molecular complexity index is 1100. The molecule has 1 aliphatic rings. The Morgan fingerprint density at radius 2 is 1.73 bits per heavy atom. The van der Waals surface area contributed by atoms with Gasteiger partial charge in [-0.2, -0.15) is 0 Å². The summed E-state index contributed by atoms with van der Waals surface area (Å²) in [6, 6.07) is 16.8. The van der Waals surface area contributed by atoms with Gasteiger partial charge in [0.15, 0.2) is 5.88 Å². The van der Waals surface area contributed by atoms with E-state index in [4.69, 9.17) is 4.74 Å². The molecule has 0 atom stereocenters. The van der Waals surface area contributed by atoms with Crippen molar-refractivity contribution in [2.45, 2.75) is 13.3 Å². The number of piperazine rings is 1. The molecule has 2 aromatic heterocycles. The molecule has 1 N–H and O–H groups in total. The maximum absolute atomic E-state index is 5.24. The first kappa shape index (κ1) is 22.4. The number of nitrogens with zero attached hydrogens (tertiary/aromatic N) is 4. The van der Waals surface area contributed by atoms with Crippen LogP contribution in [-0.2, 0) is 11.2 Å². The molecule has 0 unspecified atom stereocenters. The van der Waals surface area contributed by atoms with Crippen LogP contribution in [0.4, 0.5) is 11.5 Å². The van der Waals surface area contributed by atoms with E-state index in [0.717, 1.165) is 61.4 Å². The topological polar surface area (TPSA) is 53.5 Å². The quantitative estimate of drug-likeness (QED) is 0.504. The third-order valence-corrected chi connectivity index (χ3v) is 5.89. The second-order valence-electron chi connectivity index (χ2n) is 8.26. The number of aromatic nitrogens is 2. The lowest BCUT2D eigenvalue weighted by atomic mass is 10.0. The number of rotatable bonds is 8. The van der Waals surface area contributed by atoms with E-state index in [1.54, 1.807) is 7.11 Å². The molecule has 0 amide bonds. The van der Waals surface area contributed by atoms with Gasteiger partial charge in [0.2, 0.25) is 0 Å². The lowest BCUT2D eigenvalue weighted by Gasteiger charge is -2.37. The minimum atomic E-state index is 0.730. The fourth-order valence-electron chi connectivity index (χ4n) is 4.00. The number of allylic oxidation sites excluding steroid dienone is 1. The molecule has 0 saturated carbocycles. The Hall–Kier alpha value is -3.80. The lowest BCUT2D eigenvalue weighted by Crippen LogP contribution is -2.46. The molecule has 0 radical (unpaired) electrons. The van der Waals surface area contributed by atoms with Crippen molar-refractivity contribution < 1.29 is 4.74 Å². The van der Waals surface area contributed by atoms with Crippen LogP contribution in [0.25, 0.3) is 11.1 Å². The van der Waals surface area contributed by atoms with Crippen molar-refractivity contribution in [3.8, 4) is 11.1 Å². The van der Waals surface area contributed by atoms with Gasteiger partial charge in [0.1, 0.15) is 5.82 Å². The normalized spacial score (nSPS) is 13.5. The second-order valence-corrected chi connectivity index (χ2v) is 8.26. The summed E-state index contributed by atoms with van der Waals surface area (Å²) in [4.78, 5) is 13.4. The summed E-state index contributed by atoms with van der Waals surface area (Å²) in [7, 11) is 1.66. The van der Waals surface area contributed by atoms with E-state index < -0.39 is 0 Å². The van der Waals surface area contributed by atoms with Crippen LogP contribution in [0.1, 0.15) is 11.3 Å². The van der Waals surface area contributed by atoms with E-state index in [-0.39, 0.29) is 0 Å². The van der Waals surface area contributed by atoms with Crippen molar-refractivity contribution in [1.82, 2.24) is 14.9 Å². The molecule has 0 spiro atoms. The maximum Gasteiger partial charge on any atom is 0.181 e. The van der Waals surface area contributed by atoms with Gasteiger partial charge in [0, 0.05) is 50.2 Å². The van der Waals surface area contributed by atoms with E-state index in [1.165, 1.54) is 16.7 Å². The van der Waals surface area contributed by atoms with Gasteiger partial charge in [-0.1, -0.05) is 30.8 Å². The van der Waals surface area contributed by atoms with Crippen LogP contribution in [0, 0.1) is 6.92 Å². The van der Waals surface area contributed by atoms with Gasteiger partial charge < -0.3 is 19.9 Å². The van der Waals surface area contributed by atoms with Crippen LogP contribution in [0.3, 0.4) is 0 Å². The zero-order valence-electron chi connectivity index (χ0n) is 19.4. The number of nitrogens with one attached hydrogen (secondary N) is 1. The van der Waals surface area contributed by atoms with Crippen LogP contribution in [0.5, 0.6) is 0 Å². The van der Waals surface area contributed by atoms with Crippen molar-refractivity contribution in [2.24, 2.45) is 0 Å². The van der Waals surface area contributed by atoms with E-state index >= 15 is 0 Å².